The summed E-state index contributed by atoms with van der Waals surface area (Å²) in [5.74, 6) is 6.21. The summed E-state index contributed by atoms with van der Waals surface area (Å²) in [6, 6.07) is 11.0. The van der Waals surface area contributed by atoms with Gasteiger partial charge in [0, 0.05) is 5.92 Å². The van der Waals surface area contributed by atoms with Gasteiger partial charge in [-0.1, -0.05) is 24.3 Å². The van der Waals surface area contributed by atoms with Crippen molar-refractivity contribution < 1.29 is 0 Å². The zero-order valence-corrected chi connectivity index (χ0v) is 9.71. The van der Waals surface area contributed by atoms with E-state index in [4.69, 9.17) is 5.84 Å². The second kappa shape index (κ2) is 4.01. The van der Waals surface area contributed by atoms with Gasteiger partial charge in [0.2, 0.25) is 0 Å². The van der Waals surface area contributed by atoms with Crippen molar-refractivity contribution >= 4 is 11.3 Å². The number of rotatable bonds is 3. The standard InChI is InChI=1S/C13H14N2S/c14-15-13(10-5-6-16-8-10)12-7-9-3-1-2-4-11(9)12/h1-6,8,12-13,15H,7,14H2. The van der Waals surface area contributed by atoms with Crippen LogP contribution < -0.4 is 11.3 Å². The van der Waals surface area contributed by atoms with Crippen LogP contribution in [-0.4, -0.2) is 0 Å². The molecule has 82 valence electrons. The lowest BCUT2D eigenvalue weighted by molar-refractivity contribution is 0.420. The first-order valence-electron chi connectivity index (χ1n) is 5.46. The monoisotopic (exact) mass is 230 g/mol. The molecule has 0 aliphatic heterocycles. The van der Waals surface area contributed by atoms with Crippen LogP contribution in [0.25, 0.3) is 0 Å². The summed E-state index contributed by atoms with van der Waals surface area (Å²) in [5.41, 5.74) is 7.15. The Balaban J connectivity index is 1.90. The maximum absolute atomic E-state index is 5.69. The summed E-state index contributed by atoms with van der Waals surface area (Å²) in [7, 11) is 0. The Morgan fingerprint density at radius 1 is 1.31 bits per heavy atom. The van der Waals surface area contributed by atoms with Gasteiger partial charge < -0.3 is 0 Å². The van der Waals surface area contributed by atoms with Gasteiger partial charge in [-0.3, -0.25) is 11.3 Å². The van der Waals surface area contributed by atoms with Crippen LogP contribution in [0.2, 0.25) is 0 Å². The highest BCUT2D eigenvalue weighted by molar-refractivity contribution is 7.07. The predicted octanol–water partition coefficient (Wildman–Crippen LogP) is 2.59. The number of nitrogens with two attached hydrogens (primary N) is 1. The average molecular weight is 230 g/mol. The van der Waals surface area contributed by atoms with E-state index in [-0.39, 0.29) is 6.04 Å². The van der Waals surface area contributed by atoms with Gasteiger partial charge in [0.1, 0.15) is 0 Å². The van der Waals surface area contributed by atoms with Crippen LogP contribution in [0.1, 0.15) is 28.7 Å². The first-order chi connectivity index (χ1) is 7.90. The third-order valence-corrected chi connectivity index (χ3v) is 4.08. The number of hydrogen-bond donors (Lipinski definition) is 2. The maximum Gasteiger partial charge on any atom is 0.0539 e. The van der Waals surface area contributed by atoms with E-state index in [2.05, 4.69) is 46.5 Å². The fourth-order valence-corrected chi connectivity index (χ4v) is 3.19. The molecule has 16 heavy (non-hydrogen) atoms. The Morgan fingerprint density at radius 2 is 2.19 bits per heavy atom. The zero-order chi connectivity index (χ0) is 11.0. The summed E-state index contributed by atoms with van der Waals surface area (Å²) in [5, 5.41) is 4.27. The zero-order valence-electron chi connectivity index (χ0n) is 8.89. The van der Waals surface area contributed by atoms with Crippen molar-refractivity contribution in [2.75, 3.05) is 0 Å². The van der Waals surface area contributed by atoms with Gasteiger partial charge in [-0.05, 0) is 39.9 Å². The highest BCUT2D eigenvalue weighted by atomic mass is 32.1. The van der Waals surface area contributed by atoms with Gasteiger partial charge in [-0.15, -0.1) is 0 Å². The molecule has 0 saturated heterocycles. The number of benzene rings is 1. The van der Waals surface area contributed by atoms with E-state index >= 15 is 0 Å². The third-order valence-electron chi connectivity index (χ3n) is 3.38. The van der Waals surface area contributed by atoms with Gasteiger partial charge >= 0.3 is 0 Å². The smallest absolute Gasteiger partial charge is 0.0539 e. The summed E-state index contributed by atoms with van der Waals surface area (Å²) in [6.45, 7) is 0. The van der Waals surface area contributed by atoms with Crippen molar-refractivity contribution in [3.63, 3.8) is 0 Å². The number of nitrogens with one attached hydrogen (secondary N) is 1. The minimum atomic E-state index is 0.251. The molecule has 0 spiro atoms. The number of fused-ring (bicyclic) bond motifs is 1. The molecule has 1 aliphatic carbocycles. The summed E-state index contributed by atoms with van der Waals surface area (Å²) in [6.07, 6.45) is 1.13. The molecule has 0 saturated carbocycles. The molecule has 2 atom stereocenters. The van der Waals surface area contributed by atoms with E-state index in [1.54, 1.807) is 11.3 Å². The second-order valence-corrected chi connectivity index (χ2v) is 4.99. The normalized spacial score (nSPS) is 19.9. The molecule has 3 rings (SSSR count). The van der Waals surface area contributed by atoms with Gasteiger partial charge in [0.05, 0.1) is 6.04 Å². The van der Waals surface area contributed by atoms with Crippen LogP contribution in [0.15, 0.2) is 41.1 Å². The minimum absolute atomic E-state index is 0.251. The maximum atomic E-state index is 5.69. The molecule has 1 aromatic heterocycles. The molecule has 2 unspecified atom stereocenters. The van der Waals surface area contributed by atoms with Crippen LogP contribution in [0.3, 0.4) is 0 Å². The molecule has 0 amide bonds. The molecular formula is C13H14N2S. The SMILES string of the molecule is NNC(c1ccsc1)C1Cc2ccccc21. The third kappa shape index (κ3) is 1.48. The fourth-order valence-electron chi connectivity index (χ4n) is 2.49. The van der Waals surface area contributed by atoms with Gasteiger partial charge in [-0.2, -0.15) is 11.3 Å². The van der Waals surface area contributed by atoms with E-state index in [1.165, 1.54) is 16.7 Å². The van der Waals surface area contributed by atoms with E-state index in [1.807, 2.05) is 0 Å². The molecule has 2 nitrogen and oxygen atoms in total. The molecule has 1 aliphatic rings. The molecule has 0 fully saturated rings. The Kier molecular flexibility index (Phi) is 2.52. The Bertz CT molecular complexity index is 478. The molecule has 1 aromatic carbocycles. The van der Waals surface area contributed by atoms with Gasteiger partial charge in [0.15, 0.2) is 0 Å². The topological polar surface area (TPSA) is 38.0 Å². The first-order valence-corrected chi connectivity index (χ1v) is 6.40. The quantitative estimate of drug-likeness (QED) is 0.628. The summed E-state index contributed by atoms with van der Waals surface area (Å²) < 4.78 is 0. The van der Waals surface area contributed by atoms with Crippen molar-refractivity contribution in [2.45, 2.75) is 18.4 Å². The predicted molar refractivity (Wildman–Crippen MR) is 67.3 cm³/mol. The van der Waals surface area contributed by atoms with Crippen molar-refractivity contribution in [1.29, 1.82) is 0 Å². The van der Waals surface area contributed by atoms with E-state index in [0.717, 1.165) is 6.42 Å². The van der Waals surface area contributed by atoms with Crippen LogP contribution in [-0.2, 0) is 6.42 Å². The summed E-state index contributed by atoms with van der Waals surface area (Å²) in [4.78, 5) is 0. The number of thiophene rings is 1. The lowest BCUT2D eigenvalue weighted by Gasteiger charge is -2.36. The van der Waals surface area contributed by atoms with E-state index < -0.39 is 0 Å². The van der Waals surface area contributed by atoms with Crippen LogP contribution >= 0.6 is 11.3 Å². The van der Waals surface area contributed by atoms with Crippen LogP contribution in [0.5, 0.6) is 0 Å². The van der Waals surface area contributed by atoms with Crippen molar-refractivity contribution in [1.82, 2.24) is 5.43 Å². The van der Waals surface area contributed by atoms with Crippen molar-refractivity contribution in [3.05, 3.63) is 57.8 Å². The van der Waals surface area contributed by atoms with E-state index in [9.17, 15) is 0 Å². The van der Waals surface area contributed by atoms with Crippen molar-refractivity contribution in [3.8, 4) is 0 Å². The second-order valence-electron chi connectivity index (χ2n) is 4.21. The largest absolute Gasteiger partial charge is 0.271 e. The highest BCUT2D eigenvalue weighted by Crippen LogP contribution is 2.43. The minimum Gasteiger partial charge on any atom is -0.271 e. The van der Waals surface area contributed by atoms with Crippen molar-refractivity contribution in [2.24, 2.45) is 5.84 Å². The Hall–Kier alpha value is -1.16. The Labute approximate surface area is 99.1 Å². The molecule has 2 aromatic rings. The molecule has 0 bridgehead atoms. The Morgan fingerprint density at radius 3 is 2.88 bits per heavy atom. The van der Waals surface area contributed by atoms with E-state index in [0.29, 0.717) is 5.92 Å². The van der Waals surface area contributed by atoms with Crippen LogP contribution in [0.4, 0.5) is 0 Å². The highest BCUT2D eigenvalue weighted by Gasteiger charge is 2.33. The summed E-state index contributed by atoms with van der Waals surface area (Å²) >= 11 is 1.72. The fraction of sp³-hybridized carbons (Fsp3) is 0.231. The molecule has 0 radical (unpaired) electrons. The number of hydrazine groups is 1. The molecule has 3 N–H and O–H groups in total. The van der Waals surface area contributed by atoms with Crippen LogP contribution in [0, 0.1) is 0 Å². The first kappa shape index (κ1) is 10.0. The molecule has 3 heteroatoms. The lowest BCUT2D eigenvalue weighted by Crippen LogP contribution is -2.36. The molecular weight excluding hydrogens is 216 g/mol. The lowest BCUT2D eigenvalue weighted by atomic mass is 9.72. The van der Waals surface area contributed by atoms with Gasteiger partial charge in [-0.25, -0.2) is 0 Å². The van der Waals surface area contributed by atoms with Gasteiger partial charge in [0.25, 0.3) is 0 Å². The number of hydrogen-bond acceptors (Lipinski definition) is 3. The average Bonchev–Trinajstić information content (AvgIpc) is 2.79. The molecule has 1 heterocycles.